The van der Waals surface area contributed by atoms with Crippen LogP contribution in [0.25, 0.3) is 0 Å². The maximum atomic E-state index is 11.0. The van der Waals surface area contributed by atoms with Crippen molar-refractivity contribution in [1.82, 2.24) is 4.90 Å². The standard InChI is InChI=1S/C9H15NO3/c1-5-10(7(4)11)8(6(2)3)9(12)13/h8H,2,5H2,1,3-4H3,(H,12,13). The van der Waals surface area contributed by atoms with Gasteiger partial charge in [-0.3, -0.25) is 4.79 Å². The summed E-state index contributed by atoms with van der Waals surface area (Å²) in [7, 11) is 0. The van der Waals surface area contributed by atoms with Gasteiger partial charge in [0.2, 0.25) is 5.91 Å². The van der Waals surface area contributed by atoms with Crippen LogP contribution in [-0.4, -0.2) is 34.5 Å². The smallest absolute Gasteiger partial charge is 0.330 e. The first-order valence-electron chi connectivity index (χ1n) is 4.07. The van der Waals surface area contributed by atoms with Gasteiger partial charge in [0.25, 0.3) is 0 Å². The number of carboxylic acids is 1. The molecule has 0 aliphatic carbocycles. The molecule has 0 spiro atoms. The molecule has 0 radical (unpaired) electrons. The van der Waals surface area contributed by atoms with Crippen molar-refractivity contribution in [3.63, 3.8) is 0 Å². The summed E-state index contributed by atoms with van der Waals surface area (Å²) in [5.41, 5.74) is 0.463. The molecule has 74 valence electrons. The predicted molar refractivity (Wildman–Crippen MR) is 49.3 cm³/mol. The van der Waals surface area contributed by atoms with Crippen molar-refractivity contribution >= 4 is 11.9 Å². The number of carbonyl (C=O) groups is 2. The summed E-state index contributed by atoms with van der Waals surface area (Å²) >= 11 is 0. The minimum atomic E-state index is -1.04. The third kappa shape index (κ3) is 2.89. The summed E-state index contributed by atoms with van der Waals surface area (Å²) in [4.78, 5) is 23.1. The monoisotopic (exact) mass is 185 g/mol. The largest absolute Gasteiger partial charge is 0.479 e. The van der Waals surface area contributed by atoms with E-state index in [1.807, 2.05) is 0 Å². The Labute approximate surface area is 77.8 Å². The fourth-order valence-electron chi connectivity index (χ4n) is 1.20. The van der Waals surface area contributed by atoms with Gasteiger partial charge in [0.1, 0.15) is 0 Å². The van der Waals surface area contributed by atoms with Crippen molar-refractivity contribution in [3.8, 4) is 0 Å². The molecule has 0 heterocycles. The van der Waals surface area contributed by atoms with Crippen molar-refractivity contribution in [2.24, 2.45) is 0 Å². The van der Waals surface area contributed by atoms with E-state index in [4.69, 9.17) is 5.11 Å². The quantitative estimate of drug-likeness (QED) is 0.661. The maximum absolute atomic E-state index is 11.0. The zero-order valence-corrected chi connectivity index (χ0v) is 8.20. The first-order chi connectivity index (χ1) is 5.91. The maximum Gasteiger partial charge on any atom is 0.330 e. The number of carboxylic acid groups (broad SMARTS) is 1. The highest BCUT2D eigenvalue weighted by Gasteiger charge is 2.26. The summed E-state index contributed by atoms with van der Waals surface area (Å²) in [6.45, 7) is 8.61. The normalized spacial score (nSPS) is 11.9. The van der Waals surface area contributed by atoms with Gasteiger partial charge in [-0.2, -0.15) is 0 Å². The Hall–Kier alpha value is -1.32. The van der Waals surface area contributed by atoms with E-state index >= 15 is 0 Å². The molecule has 4 nitrogen and oxygen atoms in total. The Morgan fingerprint density at radius 1 is 1.46 bits per heavy atom. The Bertz CT molecular complexity index is 221. The Balaban J connectivity index is 4.80. The van der Waals surface area contributed by atoms with Crippen LogP contribution in [0.3, 0.4) is 0 Å². The van der Waals surface area contributed by atoms with Gasteiger partial charge >= 0.3 is 5.97 Å². The van der Waals surface area contributed by atoms with Gasteiger partial charge in [-0.15, -0.1) is 0 Å². The van der Waals surface area contributed by atoms with Gasteiger partial charge in [-0.25, -0.2) is 4.79 Å². The minimum Gasteiger partial charge on any atom is -0.479 e. The number of hydrogen-bond donors (Lipinski definition) is 1. The van der Waals surface area contributed by atoms with E-state index in [9.17, 15) is 9.59 Å². The van der Waals surface area contributed by atoms with Crippen LogP contribution >= 0.6 is 0 Å². The van der Waals surface area contributed by atoms with Gasteiger partial charge in [0.15, 0.2) is 6.04 Å². The molecule has 0 saturated carbocycles. The lowest BCUT2D eigenvalue weighted by Gasteiger charge is -2.26. The van der Waals surface area contributed by atoms with Crippen LogP contribution in [-0.2, 0) is 9.59 Å². The molecule has 0 aromatic heterocycles. The summed E-state index contributed by atoms with van der Waals surface area (Å²) in [5, 5.41) is 8.84. The second-order valence-electron chi connectivity index (χ2n) is 2.89. The van der Waals surface area contributed by atoms with Crippen LogP contribution in [0, 0.1) is 0 Å². The average molecular weight is 185 g/mol. The Kier molecular flexibility index (Phi) is 4.17. The number of aliphatic carboxylic acids is 1. The molecule has 0 saturated heterocycles. The van der Waals surface area contributed by atoms with Gasteiger partial charge in [-0.1, -0.05) is 6.58 Å². The van der Waals surface area contributed by atoms with Gasteiger partial charge in [0, 0.05) is 13.5 Å². The van der Waals surface area contributed by atoms with Crippen LogP contribution in [0.5, 0.6) is 0 Å². The molecule has 1 amide bonds. The molecule has 0 aromatic carbocycles. The fraction of sp³-hybridized carbons (Fsp3) is 0.556. The number of likely N-dealkylation sites (N-methyl/N-ethyl adjacent to an activating group) is 1. The second kappa shape index (κ2) is 4.64. The van der Waals surface area contributed by atoms with Gasteiger partial charge < -0.3 is 10.0 Å². The van der Waals surface area contributed by atoms with Crippen molar-refractivity contribution in [1.29, 1.82) is 0 Å². The zero-order valence-electron chi connectivity index (χ0n) is 8.20. The summed E-state index contributed by atoms with van der Waals surface area (Å²) in [6.07, 6.45) is 0. The molecule has 1 unspecified atom stereocenters. The van der Waals surface area contributed by atoms with E-state index in [1.165, 1.54) is 11.8 Å². The van der Waals surface area contributed by atoms with E-state index in [2.05, 4.69) is 6.58 Å². The van der Waals surface area contributed by atoms with Crippen molar-refractivity contribution in [3.05, 3.63) is 12.2 Å². The molecular weight excluding hydrogens is 170 g/mol. The third-order valence-corrected chi connectivity index (χ3v) is 1.76. The molecule has 0 aliphatic heterocycles. The van der Waals surface area contributed by atoms with E-state index in [1.54, 1.807) is 13.8 Å². The molecule has 0 aliphatic rings. The van der Waals surface area contributed by atoms with Crippen LogP contribution in [0.15, 0.2) is 12.2 Å². The van der Waals surface area contributed by atoms with E-state index in [0.29, 0.717) is 12.1 Å². The molecule has 1 N–H and O–H groups in total. The third-order valence-electron chi connectivity index (χ3n) is 1.76. The fourth-order valence-corrected chi connectivity index (χ4v) is 1.20. The first-order valence-corrected chi connectivity index (χ1v) is 4.07. The van der Waals surface area contributed by atoms with Crippen LogP contribution in [0.2, 0.25) is 0 Å². The van der Waals surface area contributed by atoms with Gasteiger partial charge in [-0.05, 0) is 19.4 Å². The molecule has 4 heteroatoms. The number of amides is 1. The molecular formula is C9H15NO3. The first kappa shape index (κ1) is 11.7. The summed E-state index contributed by atoms with van der Waals surface area (Å²) < 4.78 is 0. The second-order valence-corrected chi connectivity index (χ2v) is 2.89. The molecule has 1 atom stereocenters. The SMILES string of the molecule is C=C(C)C(C(=O)O)N(CC)C(C)=O. The number of hydrogen-bond acceptors (Lipinski definition) is 2. The van der Waals surface area contributed by atoms with Crippen molar-refractivity contribution in [2.45, 2.75) is 26.8 Å². The molecule has 0 bridgehead atoms. The lowest BCUT2D eigenvalue weighted by molar-refractivity contribution is -0.147. The number of carbonyl (C=O) groups excluding carboxylic acids is 1. The Morgan fingerprint density at radius 3 is 2.00 bits per heavy atom. The lowest BCUT2D eigenvalue weighted by Crippen LogP contribution is -2.44. The van der Waals surface area contributed by atoms with Crippen LogP contribution < -0.4 is 0 Å². The van der Waals surface area contributed by atoms with Crippen LogP contribution in [0.1, 0.15) is 20.8 Å². The highest BCUT2D eigenvalue weighted by atomic mass is 16.4. The molecule has 0 fully saturated rings. The predicted octanol–water partition coefficient (Wildman–Crippen LogP) is 0.884. The summed E-state index contributed by atoms with van der Waals surface area (Å²) in [5.74, 6) is -1.29. The van der Waals surface area contributed by atoms with Crippen molar-refractivity contribution in [2.75, 3.05) is 6.54 Å². The minimum absolute atomic E-state index is 0.252. The topological polar surface area (TPSA) is 57.6 Å². The molecule has 0 aromatic rings. The highest BCUT2D eigenvalue weighted by Crippen LogP contribution is 2.08. The molecule has 0 rings (SSSR count). The average Bonchev–Trinajstić information content (AvgIpc) is 1.97. The van der Waals surface area contributed by atoms with E-state index in [-0.39, 0.29) is 5.91 Å². The number of rotatable bonds is 4. The number of nitrogens with zero attached hydrogens (tertiary/aromatic N) is 1. The highest BCUT2D eigenvalue weighted by molar-refractivity contribution is 5.84. The summed E-state index contributed by atoms with van der Waals surface area (Å²) in [6, 6.07) is -0.900. The van der Waals surface area contributed by atoms with Gasteiger partial charge in [0.05, 0.1) is 0 Å². The van der Waals surface area contributed by atoms with E-state index < -0.39 is 12.0 Å². The lowest BCUT2D eigenvalue weighted by atomic mass is 10.1. The van der Waals surface area contributed by atoms with Crippen LogP contribution in [0.4, 0.5) is 0 Å². The zero-order chi connectivity index (χ0) is 10.6. The molecule has 13 heavy (non-hydrogen) atoms. The van der Waals surface area contributed by atoms with E-state index in [0.717, 1.165) is 0 Å². The van der Waals surface area contributed by atoms with Crippen molar-refractivity contribution < 1.29 is 14.7 Å². The Morgan fingerprint density at radius 2 is 1.92 bits per heavy atom.